The molecule has 0 aliphatic rings. The van der Waals surface area contributed by atoms with E-state index >= 15 is 0 Å². The first kappa shape index (κ1) is 9.98. The Morgan fingerprint density at radius 3 is 3.07 bits per heavy atom. The lowest BCUT2D eigenvalue weighted by Crippen LogP contribution is -2.02. The van der Waals surface area contributed by atoms with Crippen molar-refractivity contribution in [1.29, 1.82) is 0 Å². The number of pyridine rings is 1. The van der Waals surface area contributed by atoms with Gasteiger partial charge in [-0.1, -0.05) is 11.6 Å². The highest BCUT2D eigenvalue weighted by atomic mass is 35.5. The van der Waals surface area contributed by atoms with Crippen LogP contribution in [0.25, 0.3) is 0 Å². The molecule has 0 aliphatic heterocycles. The van der Waals surface area contributed by atoms with Crippen molar-refractivity contribution in [1.82, 2.24) is 15.0 Å². The molecule has 2 aromatic rings. The van der Waals surface area contributed by atoms with Gasteiger partial charge >= 0.3 is 0 Å². The van der Waals surface area contributed by atoms with Gasteiger partial charge in [0.1, 0.15) is 0 Å². The van der Waals surface area contributed by atoms with E-state index in [2.05, 4.69) is 20.3 Å². The minimum Gasteiger partial charge on any atom is -0.377 e. The van der Waals surface area contributed by atoms with E-state index in [4.69, 9.17) is 11.6 Å². The van der Waals surface area contributed by atoms with Gasteiger partial charge in [-0.2, -0.15) is 0 Å². The lowest BCUT2D eigenvalue weighted by Gasteiger charge is -2.09. The van der Waals surface area contributed by atoms with Gasteiger partial charge < -0.3 is 10.3 Å². The molecule has 5 heteroatoms. The number of aryl methyl sites for hydroxylation is 1. The Balaban J connectivity index is 2.11. The maximum atomic E-state index is 5.97. The SMILES string of the molecule is Cc1ccnc(Cl)c1NCc1cnc[nH]1. The summed E-state index contributed by atoms with van der Waals surface area (Å²) in [4.78, 5) is 11.0. The number of hydrogen-bond acceptors (Lipinski definition) is 3. The van der Waals surface area contributed by atoms with Crippen LogP contribution in [-0.4, -0.2) is 15.0 Å². The van der Waals surface area contributed by atoms with Gasteiger partial charge in [-0.3, -0.25) is 0 Å². The molecule has 2 N–H and O–H groups in total. The maximum absolute atomic E-state index is 5.97. The summed E-state index contributed by atoms with van der Waals surface area (Å²) in [6.07, 6.45) is 5.11. The van der Waals surface area contributed by atoms with Crippen LogP contribution in [0.5, 0.6) is 0 Å². The summed E-state index contributed by atoms with van der Waals surface area (Å²) in [7, 11) is 0. The monoisotopic (exact) mass is 222 g/mol. The molecule has 4 nitrogen and oxygen atoms in total. The van der Waals surface area contributed by atoms with Gasteiger partial charge in [0, 0.05) is 12.4 Å². The Morgan fingerprint density at radius 1 is 1.53 bits per heavy atom. The van der Waals surface area contributed by atoms with E-state index in [1.165, 1.54) is 0 Å². The molecule has 0 saturated heterocycles. The summed E-state index contributed by atoms with van der Waals surface area (Å²) in [6.45, 7) is 2.65. The number of aromatic amines is 1. The van der Waals surface area contributed by atoms with E-state index in [1.807, 2.05) is 13.0 Å². The average Bonchev–Trinajstić information content (AvgIpc) is 2.70. The predicted molar refractivity (Wildman–Crippen MR) is 59.9 cm³/mol. The van der Waals surface area contributed by atoms with Crippen molar-refractivity contribution in [3.8, 4) is 0 Å². The van der Waals surface area contributed by atoms with E-state index < -0.39 is 0 Å². The molecule has 0 bridgehead atoms. The number of H-pyrrole nitrogens is 1. The number of nitrogens with one attached hydrogen (secondary N) is 2. The summed E-state index contributed by atoms with van der Waals surface area (Å²) in [6, 6.07) is 1.92. The summed E-state index contributed by atoms with van der Waals surface area (Å²) in [5, 5.41) is 3.71. The van der Waals surface area contributed by atoms with E-state index in [0.29, 0.717) is 11.7 Å². The fraction of sp³-hybridized carbons (Fsp3) is 0.200. The number of rotatable bonds is 3. The molecular formula is C10H11ClN4. The first-order valence-corrected chi connectivity index (χ1v) is 4.97. The Hall–Kier alpha value is -1.55. The van der Waals surface area contributed by atoms with Crippen LogP contribution in [0.4, 0.5) is 5.69 Å². The molecule has 15 heavy (non-hydrogen) atoms. The van der Waals surface area contributed by atoms with E-state index in [0.717, 1.165) is 16.9 Å². The lowest BCUT2D eigenvalue weighted by atomic mass is 10.2. The summed E-state index contributed by atoms with van der Waals surface area (Å²) >= 11 is 5.97. The summed E-state index contributed by atoms with van der Waals surface area (Å²) < 4.78 is 0. The van der Waals surface area contributed by atoms with Crippen molar-refractivity contribution < 1.29 is 0 Å². The molecule has 0 unspecified atom stereocenters. The smallest absolute Gasteiger partial charge is 0.152 e. The molecule has 78 valence electrons. The van der Waals surface area contributed by atoms with Crippen LogP contribution in [0, 0.1) is 6.92 Å². The number of aromatic nitrogens is 3. The second kappa shape index (κ2) is 4.31. The standard InChI is InChI=1S/C10H11ClN4/c1-7-2-3-13-10(11)9(7)14-5-8-4-12-6-15-8/h2-4,6,14H,5H2,1H3,(H,12,15). The fourth-order valence-corrected chi connectivity index (χ4v) is 1.57. The molecule has 0 radical (unpaired) electrons. The largest absolute Gasteiger partial charge is 0.377 e. The van der Waals surface area contributed by atoms with Crippen LogP contribution in [-0.2, 0) is 6.54 Å². The van der Waals surface area contributed by atoms with Gasteiger partial charge in [0.25, 0.3) is 0 Å². The van der Waals surface area contributed by atoms with Crippen LogP contribution in [0.1, 0.15) is 11.3 Å². The lowest BCUT2D eigenvalue weighted by molar-refractivity contribution is 1.06. The van der Waals surface area contributed by atoms with Crippen LogP contribution in [0.2, 0.25) is 5.15 Å². The first-order chi connectivity index (χ1) is 7.27. The average molecular weight is 223 g/mol. The second-order valence-electron chi connectivity index (χ2n) is 3.22. The van der Waals surface area contributed by atoms with Gasteiger partial charge in [0.15, 0.2) is 5.15 Å². The molecule has 0 atom stereocenters. The Kier molecular flexibility index (Phi) is 2.87. The van der Waals surface area contributed by atoms with Crippen LogP contribution in [0.3, 0.4) is 0 Å². The van der Waals surface area contributed by atoms with Crippen molar-refractivity contribution in [2.45, 2.75) is 13.5 Å². The molecule has 2 aromatic heterocycles. The van der Waals surface area contributed by atoms with Gasteiger partial charge in [-0.25, -0.2) is 9.97 Å². The van der Waals surface area contributed by atoms with Crippen molar-refractivity contribution in [3.05, 3.63) is 41.2 Å². The number of halogens is 1. The van der Waals surface area contributed by atoms with E-state index in [-0.39, 0.29) is 0 Å². The highest BCUT2D eigenvalue weighted by Gasteiger charge is 2.04. The number of hydrogen-bond donors (Lipinski definition) is 2. The number of nitrogens with zero attached hydrogens (tertiary/aromatic N) is 2. The van der Waals surface area contributed by atoms with Crippen LogP contribution >= 0.6 is 11.6 Å². The predicted octanol–water partition coefficient (Wildman–Crippen LogP) is 2.38. The van der Waals surface area contributed by atoms with Crippen LogP contribution in [0.15, 0.2) is 24.8 Å². The number of imidazole rings is 1. The third-order valence-electron chi connectivity index (χ3n) is 2.12. The zero-order valence-corrected chi connectivity index (χ0v) is 9.04. The molecule has 0 amide bonds. The van der Waals surface area contributed by atoms with Crippen molar-refractivity contribution in [2.24, 2.45) is 0 Å². The van der Waals surface area contributed by atoms with Crippen LogP contribution < -0.4 is 5.32 Å². The fourth-order valence-electron chi connectivity index (χ4n) is 1.30. The molecular weight excluding hydrogens is 212 g/mol. The van der Waals surface area contributed by atoms with Crippen molar-refractivity contribution in [2.75, 3.05) is 5.32 Å². The molecule has 0 fully saturated rings. The maximum Gasteiger partial charge on any atom is 0.152 e. The second-order valence-corrected chi connectivity index (χ2v) is 3.58. The van der Waals surface area contributed by atoms with E-state index in [9.17, 15) is 0 Å². The minimum absolute atomic E-state index is 0.495. The molecule has 0 aliphatic carbocycles. The van der Waals surface area contributed by atoms with Crippen molar-refractivity contribution in [3.63, 3.8) is 0 Å². The third-order valence-corrected chi connectivity index (χ3v) is 2.41. The van der Waals surface area contributed by atoms with Crippen molar-refractivity contribution >= 4 is 17.3 Å². The molecule has 0 saturated carbocycles. The quantitative estimate of drug-likeness (QED) is 0.784. The Morgan fingerprint density at radius 2 is 2.40 bits per heavy atom. The highest BCUT2D eigenvalue weighted by molar-refractivity contribution is 6.32. The zero-order valence-electron chi connectivity index (χ0n) is 8.29. The molecule has 2 heterocycles. The summed E-state index contributed by atoms with van der Waals surface area (Å²) in [5.74, 6) is 0. The molecule has 0 aromatic carbocycles. The van der Waals surface area contributed by atoms with Gasteiger partial charge in [-0.15, -0.1) is 0 Å². The highest BCUT2D eigenvalue weighted by Crippen LogP contribution is 2.22. The molecule has 2 rings (SSSR count). The first-order valence-electron chi connectivity index (χ1n) is 4.59. The number of anilines is 1. The Labute approximate surface area is 92.7 Å². The summed E-state index contributed by atoms with van der Waals surface area (Å²) in [5.41, 5.74) is 2.96. The van der Waals surface area contributed by atoms with E-state index in [1.54, 1.807) is 18.7 Å². The topological polar surface area (TPSA) is 53.6 Å². The van der Waals surface area contributed by atoms with Gasteiger partial charge in [0.05, 0.1) is 24.3 Å². The normalized spacial score (nSPS) is 10.3. The van der Waals surface area contributed by atoms with Gasteiger partial charge in [-0.05, 0) is 18.6 Å². The minimum atomic E-state index is 0.495. The van der Waals surface area contributed by atoms with Gasteiger partial charge in [0.2, 0.25) is 0 Å². The zero-order chi connectivity index (χ0) is 10.7. The third kappa shape index (κ3) is 2.27. The Bertz CT molecular complexity index is 418. The molecule has 0 spiro atoms.